The van der Waals surface area contributed by atoms with E-state index in [0.29, 0.717) is 17.7 Å². The Balaban J connectivity index is 3.23. The van der Waals surface area contributed by atoms with Gasteiger partial charge in [-0.25, -0.2) is 0 Å². The largest absolute Gasteiger partial charge is 0.496 e. The highest BCUT2D eigenvalue weighted by molar-refractivity contribution is 5.88. The Morgan fingerprint density at radius 2 is 2.25 bits per heavy atom. The lowest BCUT2D eigenvalue weighted by Gasteiger charge is -2.12. The molecule has 84 valence electrons. The molecule has 0 amide bonds. The van der Waals surface area contributed by atoms with Crippen LogP contribution in [0.5, 0.6) is 5.75 Å². The highest BCUT2D eigenvalue weighted by atomic mass is 16.5. The predicted molar refractivity (Wildman–Crippen MR) is 61.4 cm³/mol. The van der Waals surface area contributed by atoms with E-state index >= 15 is 0 Å². The maximum absolute atomic E-state index is 11.6. The van der Waals surface area contributed by atoms with Crippen LogP contribution in [0.15, 0.2) is 18.2 Å². The average Bonchev–Trinajstić information content (AvgIpc) is 2.30. The minimum absolute atomic E-state index is 0.0774. The van der Waals surface area contributed by atoms with Crippen LogP contribution >= 0.6 is 0 Å². The molecule has 0 bridgehead atoms. The van der Waals surface area contributed by atoms with Crippen LogP contribution in [-0.2, 0) is 4.79 Å². The van der Waals surface area contributed by atoms with Crippen molar-refractivity contribution < 1.29 is 9.53 Å². The van der Waals surface area contributed by atoms with Gasteiger partial charge in [-0.15, -0.1) is 0 Å². The zero-order chi connectivity index (χ0) is 12.1. The Labute approximate surface area is 95.7 Å². The first-order valence-electron chi connectivity index (χ1n) is 5.20. The van der Waals surface area contributed by atoms with Crippen molar-refractivity contribution in [2.24, 2.45) is 0 Å². The van der Waals surface area contributed by atoms with Gasteiger partial charge in [0.15, 0.2) is 5.78 Å². The number of carbonyl (C=O) groups is 1. The summed E-state index contributed by atoms with van der Waals surface area (Å²) in [6.07, 6.45) is 0.356. The van der Waals surface area contributed by atoms with Gasteiger partial charge in [0.1, 0.15) is 11.7 Å². The molecule has 0 radical (unpaired) electrons. The number of methoxy groups -OCH3 is 1. The molecule has 3 heteroatoms. The molecule has 0 saturated carbocycles. The van der Waals surface area contributed by atoms with Gasteiger partial charge in [-0.05, 0) is 13.0 Å². The molecule has 0 spiro atoms. The number of aryl methyl sites for hydroxylation is 1. The van der Waals surface area contributed by atoms with E-state index in [1.807, 2.05) is 25.1 Å². The van der Waals surface area contributed by atoms with Gasteiger partial charge in [0, 0.05) is 12.0 Å². The number of ether oxygens (including phenoxy) is 1. The number of nitriles is 1. The smallest absolute Gasteiger partial charge is 0.154 e. The molecule has 0 saturated heterocycles. The van der Waals surface area contributed by atoms with Crippen LogP contribution in [0.25, 0.3) is 0 Å². The summed E-state index contributed by atoms with van der Waals surface area (Å²) in [6.45, 7) is 3.68. The molecule has 1 rings (SSSR count). The number of nitrogens with zero attached hydrogens (tertiary/aromatic N) is 1. The van der Waals surface area contributed by atoms with E-state index in [1.165, 1.54) is 0 Å². The van der Waals surface area contributed by atoms with E-state index in [4.69, 9.17) is 10.00 Å². The number of carbonyl (C=O) groups excluding carboxylic acids is 1. The lowest BCUT2D eigenvalue weighted by Crippen LogP contribution is -2.10. The summed E-state index contributed by atoms with van der Waals surface area (Å²) >= 11 is 0. The van der Waals surface area contributed by atoms with E-state index in [2.05, 4.69) is 0 Å². The molecule has 1 aromatic carbocycles. The van der Waals surface area contributed by atoms with Crippen molar-refractivity contribution in [1.29, 1.82) is 5.26 Å². The van der Waals surface area contributed by atoms with Crippen molar-refractivity contribution in [3.63, 3.8) is 0 Å². The Kier molecular flexibility index (Phi) is 4.07. The maximum Gasteiger partial charge on any atom is 0.154 e. The van der Waals surface area contributed by atoms with Crippen molar-refractivity contribution in [3.8, 4) is 11.8 Å². The fourth-order valence-electron chi connectivity index (χ4n) is 1.60. The third kappa shape index (κ3) is 2.40. The van der Waals surface area contributed by atoms with Crippen LogP contribution in [-0.4, -0.2) is 12.9 Å². The third-order valence-electron chi connectivity index (χ3n) is 2.50. The van der Waals surface area contributed by atoms with E-state index in [1.54, 1.807) is 20.1 Å². The molecule has 0 fully saturated rings. The monoisotopic (exact) mass is 217 g/mol. The Morgan fingerprint density at radius 1 is 1.56 bits per heavy atom. The number of hydrogen-bond donors (Lipinski definition) is 0. The van der Waals surface area contributed by atoms with Gasteiger partial charge in [-0.2, -0.15) is 5.26 Å². The molecule has 16 heavy (non-hydrogen) atoms. The van der Waals surface area contributed by atoms with Crippen molar-refractivity contribution in [2.45, 2.75) is 26.2 Å². The SMILES string of the molecule is CCC(=O)C(C#N)c1cc(C)ccc1OC. The van der Waals surface area contributed by atoms with Crippen LogP contribution in [0.3, 0.4) is 0 Å². The summed E-state index contributed by atoms with van der Waals surface area (Å²) in [5.74, 6) is -0.204. The molecular formula is C13H15NO2. The zero-order valence-electron chi connectivity index (χ0n) is 9.78. The lowest BCUT2D eigenvalue weighted by atomic mass is 9.93. The van der Waals surface area contributed by atoms with Gasteiger partial charge in [0.25, 0.3) is 0 Å². The number of rotatable bonds is 4. The van der Waals surface area contributed by atoms with E-state index in [0.717, 1.165) is 5.56 Å². The standard InChI is InChI=1S/C13H15NO2/c1-4-12(15)11(8-14)10-7-9(2)5-6-13(10)16-3/h5-7,11H,4H2,1-3H3. The summed E-state index contributed by atoms with van der Waals surface area (Å²) < 4.78 is 5.17. The summed E-state index contributed by atoms with van der Waals surface area (Å²) in [5, 5.41) is 9.07. The molecular weight excluding hydrogens is 202 g/mol. The molecule has 0 aliphatic rings. The number of benzene rings is 1. The maximum atomic E-state index is 11.6. The predicted octanol–water partition coefficient (Wildman–Crippen LogP) is 2.59. The number of hydrogen-bond acceptors (Lipinski definition) is 3. The molecule has 1 aromatic rings. The van der Waals surface area contributed by atoms with Gasteiger partial charge in [-0.1, -0.05) is 24.6 Å². The molecule has 1 atom stereocenters. The van der Waals surface area contributed by atoms with Crippen LogP contribution in [0.4, 0.5) is 0 Å². The fourth-order valence-corrected chi connectivity index (χ4v) is 1.60. The second-order valence-corrected chi connectivity index (χ2v) is 3.63. The second-order valence-electron chi connectivity index (χ2n) is 3.63. The Morgan fingerprint density at radius 3 is 2.75 bits per heavy atom. The molecule has 1 unspecified atom stereocenters. The topological polar surface area (TPSA) is 50.1 Å². The van der Waals surface area contributed by atoms with Crippen LogP contribution in [0, 0.1) is 18.3 Å². The van der Waals surface area contributed by atoms with Crippen molar-refractivity contribution in [2.75, 3.05) is 7.11 Å². The molecule has 0 aliphatic heterocycles. The summed E-state index contributed by atoms with van der Waals surface area (Å²) in [6, 6.07) is 7.56. The Bertz CT molecular complexity index is 432. The first kappa shape index (κ1) is 12.3. The highest BCUT2D eigenvalue weighted by Gasteiger charge is 2.22. The number of ketones is 1. The molecule has 0 aromatic heterocycles. The third-order valence-corrected chi connectivity index (χ3v) is 2.50. The van der Waals surface area contributed by atoms with Gasteiger partial charge >= 0.3 is 0 Å². The molecule has 3 nitrogen and oxygen atoms in total. The first-order chi connectivity index (χ1) is 7.63. The van der Waals surface area contributed by atoms with Crippen LogP contribution < -0.4 is 4.74 Å². The lowest BCUT2D eigenvalue weighted by molar-refractivity contribution is -0.119. The van der Waals surface area contributed by atoms with Crippen molar-refractivity contribution in [1.82, 2.24) is 0 Å². The van der Waals surface area contributed by atoms with Crippen molar-refractivity contribution in [3.05, 3.63) is 29.3 Å². The Hall–Kier alpha value is -1.82. The normalized spacial score (nSPS) is 11.6. The van der Waals surface area contributed by atoms with Crippen LogP contribution in [0.2, 0.25) is 0 Å². The summed E-state index contributed by atoms with van der Waals surface area (Å²) in [5.41, 5.74) is 1.68. The minimum Gasteiger partial charge on any atom is -0.496 e. The summed E-state index contributed by atoms with van der Waals surface area (Å²) in [4.78, 5) is 11.6. The van der Waals surface area contributed by atoms with Crippen LogP contribution in [0.1, 0.15) is 30.4 Å². The molecule has 0 N–H and O–H groups in total. The van der Waals surface area contributed by atoms with Crippen molar-refractivity contribution >= 4 is 5.78 Å². The fraction of sp³-hybridized carbons (Fsp3) is 0.385. The highest BCUT2D eigenvalue weighted by Crippen LogP contribution is 2.28. The van der Waals surface area contributed by atoms with Gasteiger partial charge in [0.05, 0.1) is 13.2 Å². The number of Topliss-reactive ketones (excluding diaryl/α,β-unsaturated/α-hetero) is 1. The summed E-state index contributed by atoms with van der Waals surface area (Å²) in [7, 11) is 1.54. The zero-order valence-corrected chi connectivity index (χ0v) is 9.78. The van der Waals surface area contributed by atoms with E-state index < -0.39 is 5.92 Å². The van der Waals surface area contributed by atoms with E-state index in [9.17, 15) is 4.79 Å². The second kappa shape index (κ2) is 5.32. The first-order valence-corrected chi connectivity index (χ1v) is 5.20. The van der Waals surface area contributed by atoms with Gasteiger partial charge < -0.3 is 4.74 Å². The average molecular weight is 217 g/mol. The molecule has 0 aliphatic carbocycles. The van der Waals surface area contributed by atoms with E-state index in [-0.39, 0.29) is 5.78 Å². The quantitative estimate of drug-likeness (QED) is 0.778. The van der Waals surface area contributed by atoms with Gasteiger partial charge in [0.2, 0.25) is 0 Å². The van der Waals surface area contributed by atoms with Gasteiger partial charge in [-0.3, -0.25) is 4.79 Å². The molecule has 0 heterocycles. The minimum atomic E-state index is -0.722.